The van der Waals surface area contributed by atoms with Crippen LogP contribution in [0.4, 0.5) is 17.1 Å². The van der Waals surface area contributed by atoms with Gasteiger partial charge in [0.25, 0.3) is 10.0 Å². The molecule has 168 valence electrons. The molecule has 0 fully saturated rings. The Hall–Kier alpha value is -3.10. The van der Waals surface area contributed by atoms with Crippen LogP contribution in [0.3, 0.4) is 0 Å². The second-order valence-electron chi connectivity index (χ2n) is 7.69. The van der Waals surface area contributed by atoms with Gasteiger partial charge in [-0.05, 0) is 84.7 Å². The Labute approximate surface area is 195 Å². The first-order valence-electron chi connectivity index (χ1n) is 10.1. The summed E-state index contributed by atoms with van der Waals surface area (Å²) in [6.45, 7) is 6.10. The van der Waals surface area contributed by atoms with E-state index in [1.54, 1.807) is 43.5 Å². The van der Waals surface area contributed by atoms with Crippen LogP contribution in [0.1, 0.15) is 30.9 Å². The minimum Gasteiger partial charge on any atom is -0.497 e. The summed E-state index contributed by atoms with van der Waals surface area (Å²) < 4.78 is 34.0. The molecule has 0 atom stereocenters. The quantitative estimate of drug-likeness (QED) is 0.383. The standard InChI is InChI=1S/C24H27N3O3S2/c1-16(2)18-6-8-19(9-7-18)25-24(31)26-22-14-5-17(3)15-23(22)32(28,29)27-20-10-12-21(30-4)13-11-20/h5-16,27H,1-4H3,(H2,25,26,31). The second-order valence-corrected chi connectivity index (χ2v) is 9.75. The average Bonchev–Trinajstić information content (AvgIpc) is 2.75. The Kier molecular flexibility index (Phi) is 7.37. The number of hydrogen-bond donors (Lipinski definition) is 3. The Bertz CT molecular complexity index is 1190. The van der Waals surface area contributed by atoms with Crippen LogP contribution in [0.2, 0.25) is 0 Å². The van der Waals surface area contributed by atoms with E-state index in [1.165, 1.54) is 5.56 Å². The van der Waals surface area contributed by atoms with E-state index in [0.717, 1.165) is 11.3 Å². The van der Waals surface area contributed by atoms with Gasteiger partial charge in [0.1, 0.15) is 10.6 Å². The van der Waals surface area contributed by atoms with Crippen LogP contribution in [-0.2, 0) is 10.0 Å². The number of nitrogens with one attached hydrogen (secondary N) is 3. The van der Waals surface area contributed by atoms with Gasteiger partial charge in [0, 0.05) is 11.4 Å². The summed E-state index contributed by atoms with van der Waals surface area (Å²) in [5, 5.41) is 6.42. The third kappa shape index (κ3) is 5.99. The van der Waals surface area contributed by atoms with E-state index in [4.69, 9.17) is 17.0 Å². The van der Waals surface area contributed by atoms with Crippen molar-refractivity contribution in [2.45, 2.75) is 31.6 Å². The van der Waals surface area contributed by atoms with E-state index in [2.05, 4.69) is 29.2 Å². The molecule has 0 bridgehead atoms. The first-order valence-corrected chi connectivity index (χ1v) is 12.0. The lowest BCUT2D eigenvalue weighted by Gasteiger charge is -2.16. The van der Waals surface area contributed by atoms with Crippen molar-refractivity contribution in [2.75, 3.05) is 22.5 Å². The third-order valence-corrected chi connectivity index (χ3v) is 6.48. The predicted octanol–water partition coefficient (Wildman–Crippen LogP) is 5.74. The SMILES string of the molecule is COc1ccc(NS(=O)(=O)c2cc(C)ccc2NC(=S)Nc2ccc(C(C)C)cc2)cc1. The summed E-state index contributed by atoms with van der Waals surface area (Å²) in [6.07, 6.45) is 0. The first kappa shape index (κ1) is 23.6. The molecule has 32 heavy (non-hydrogen) atoms. The molecule has 0 saturated carbocycles. The maximum absolute atomic E-state index is 13.1. The van der Waals surface area contributed by atoms with E-state index >= 15 is 0 Å². The molecule has 0 aliphatic rings. The Morgan fingerprint density at radius 2 is 1.53 bits per heavy atom. The number of hydrogen-bond acceptors (Lipinski definition) is 4. The normalized spacial score (nSPS) is 11.2. The number of sulfonamides is 1. The van der Waals surface area contributed by atoms with Gasteiger partial charge >= 0.3 is 0 Å². The van der Waals surface area contributed by atoms with Crippen LogP contribution in [-0.4, -0.2) is 20.6 Å². The summed E-state index contributed by atoms with van der Waals surface area (Å²) >= 11 is 5.42. The summed E-state index contributed by atoms with van der Waals surface area (Å²) in [4.78, 5) is 0.104. The summed E-state index contributed by atoms with van der Waals surface area (Å²) in [6, 6.07) is 19.8. The number of thiocarbonyl (C=S) groups is 1. The molecule has 3 rings (SSSR count). The fraction of sp³-hybridized carbons (Fsp3) is 0.208. The number of anilines is 3. The first-order chi connectivity index (χ1) is 15.2. The zero-order valence-corrected chi connectivity index (χ0v) is 20.1. The Morgan fingerprint density at radius 1 is 0.906 bits per heavy atom. The number of aryl methyl sites for hydroxylation is 1. The highest BCUT2D eigenvalue weighted by Crippen LogP contribution is 2.26. The molecule has 3 aromatic rings. The van der Waals surface area contributed by atoms with Crippen molar-refractivity contribution in [3.63, 3.8) is 0 Å². The largest absolute Gasteiger partial charge is 0.497 e. The number of benzene rings is 3. The summed E-state index contributed by atoms with van der Waals surface area (Å²) in [5.74, 6) is 1.08. The van der Waals surface area contributed by atoms with E-state index in [0.29, 0.717) is 28.2 Å². The van der Waals surface area contributed by atoms with Crippen LogP contribution in [0.15, 0.2) is 71.6 Å². The van der Waals surface area contributed by atoms with Crippen molar-refractivity contribution in [2.24, 2.45) is 0 Å². The minimum absolute atomic E-state index is 0.104. The molecule has 0 saturated heterocycles. The average molecular weight is 470 g/mol. The van der Waals surface area contributed by atoms with Crippen molar-refractivity contribution in [3.8, 4) is 5.75 Å². The van der Waals surface area contributed by atoms with Crippen LogP contribution in [0.25, 0.3) is 0 Å². The molecule has 0 heterocycles. The van der Waals surface area contributed by atoms with Gasteiger partial charge in [0.05, 0.1) is 12.8 Å². The Morgan fingerprint density at radius 3 is 2.12 bits per heavy atom. The van der Waals surface area contributed by atoms with Gasteiger partial charge in [-0.3, -0.25) is 4.72 Å². The van der Waals surface area contributed by atoms with Crippen molar-refractivity contribution >= 4 is 44.4 Å². The fourth-order valence-electron chi connectivity index (χ4n) is 3.06. The molecule has 0 aliphatic carbocycles. The van der Waals surface area contributed by atoms with Crippen molar-refractivity contribution in [1.82, 2.24) is 0 Å². The molecular formula is C24H27N3O3S2. The summed E-state index contributed by atoms with van der Waals surface area (Å²) in [5.41, 5.74) is 3.68. The number of rotatable bonds is 7. The monoisotopic (exact) mass is 469 g/mol. The van der Waals surface area contributed by atoms with Crippen LogP contribution >= 0.6 is 12.2 Å². The van der Waals surface area contributed by atoms with Gasteiger partial charge < -0.3 is 15.4 Å². The van der Waals surface area contributed by atoms with Gasteiger partial charge in [-0.2, -0.15) is 0 Å². The Balaban J connectivity index is 1.79. The molecule has 0 spiro atoms. The molecule has 0 aliphatic heterocycles. The van der Waals surface area contributed by atoms with Crippen molar-refractivity contribution < 1.29 is 13.2 Å². The van der Waals surface area contributed by atoms with Gasteiger partial charge in [0.2, 0.25) is 0 Å². The predicted molar refractivity (Wildman–Crippen MR) is 135 cm³/mol. The maximum Gasteiger partial charge on any atom is 0.263 e. The molecule has 3 aromatic carbocycles. The lowest BCUT2D eigenvalue weighted by Crippen LogP contribution is -2.22. The van der Waals surface area contributed by atoms with E-state index in [1.807, 2.05) is 37.3 Å². The smallest absolute Gasteiger partial charge is 0.263 e. The number of methoxy groups -OCH3 is 1. The molecule has 6 nitrogen and oxygen atoms in total. The minimum atomic E-state index is -3.86. The highest BCUT2D eigenvalue weighted by molar-refractivity contribution is 7.93. The third-order valence-electron chi connectivity index (χ3n) is 4.85. The van der Waals surface area contributed by atoms with Gasteiger partial charge in [0.15, 0.2) is 5.11 Å². The molecule has 0 aromatic heterocycles. The molecular weight excluding hydrogens is 442 g/mol. The maximum atomic E-state index is 13.1. The zero-order chi connectivity index (χ0) is 23.3. The lowest BCUT2D eigenvalue weighted by molar-refractivity contribution is 0.415. The van der Waals surface area contributed by atoms with E-state index in [-0.39, 0.29) is 4.90 Å². The molecule has 0 unspecified atom stereocenters. The molecule has 0 radical (unpaired) electrons. The second kappa shape index (κ2) is 10.0. The van der Waals surface area contributed by atoms with Crippen molar-refractivity contribution in [1.29, 1.82) is 0 Å². The topological polar surface area (TPSA) is 79.5 Å². The molecule has 0 amide bonds. The van der Waals surface area contributed by atoms with Crippen molar-refractivity contribution in [3.05, 3.63) is 77.9 Å². The lowest BCUT2D eigenvalue weighted by atomic mass is 10.0. The zero-order valence-electron chi connectivity index (χ0n) is 18.5. The van der Waals surface area contributed by atoms with Gasteiger partial charge in [-0.1, -0.05) is 32.0 Å². The molecule has 8 heteroatoms. The fourth-order valence-corrected chi connectivity index (χ4v) is 4.59. The van der Waals surface area contributed by atoms with Crippen LogP contribution in [0.5, 0.6) is 5.75 Å². The highest BCUT2D eigenvalue weighted by Gasteiger charge is 2.20. The van der Waals surface area contributed by atoms with Gasteiger partial charge in [-0.15, -0.1) is 0 Å². The van der Waals surface area contributed by atoms with Crippen LogP contribution < -0.4 is 20.1 Å². The van der Waals surface area contributed by atoms with Crippen LogP contribution in [0, 0.1) is 6.92 Å². The van der Waals surface area contributed by atoms with E-state index in [9.17, 15) is 8.42 Å². The van der Waals surface area contributed by atoms with Gasteiger partial charge in [-0.25, -0.2) is 8.42 Å². The van der Waals surface area contributed by atoms with E-state index < -0.39 is 10.0 Å². The molecule has 3 N–H and O–H groups in total. The highest BCUT2D eigenvalue weighted by atomic mass is 32.2. The number of ether oxygens (including phenoxy) is 1. The summed E-state index contributed by atoms with van der Waals surface area (Å²) in [7, 11) is -2.31.